The Hall–Kier alpha value is -1.88. The van der Waals surface area contributed by atoms with Crippen LogP contribution in [0.15, 0.2) is 47.2 Å². The Bertz CT molecular complexity index is 599. The summed E-state index contributed by atoms with van der Waals surface area (Å²) in [6, 6.07) is 9.16. The molecule has 1 amide bonds. The third kappa shape index (κ3) is 3.57. The second-order valence-electron chi connectivity index (χ2n) is 4.42. The summed E-state index contributed by atoms with van der Waals surface area (Å²) in [5.74, 6) is -0.266. The number of pyridine rings is 1. The molecule has 1 heterocycles. The Kier molecular flexibility index (Phi) is 4.74. The van der Waals surface area contributed by atoms with Gasteiger partial charge in [-0.2, -0.15) is 0 Å². The monoisotopic (exact) mass is 334 g/mol. The molecular formula is C15H15BrN2O2. The van der Waals surface area contributed by atoms with Crippen molar-refractivity contribution in [2.75, 3.05) is 0 Å². The minimum Gasteiger partial charge on any atom is -0.506 e. The van der Waals surface area contributed by atoms with Crippen LogP contribution in [-0.2, 0) is 0 Å². The quantitative estimate of drug-likeness (QED) is 0.900. The predicted molar refractivity (Wildman–Crippen MR) is 80.5 cm³/mol. The average Bonchev–Trinajstić information content (AvgIpc) is 2.45. The van der Waals surface area contributed by atoms with Gasteiger partial charge < -0.3 is 10.4 Å². The number of hydrogen-bond donors (Lipinski definition) is 2. The van der Waals surface area contributed by atoms with E-state index >= 15 is 0 Å². The van der Waals surface area contributed by atoms with Crippen LogP contribution in [0.25, 0.3) is 0 Å². The van der Waals surface area contributed by atoms with E-state index in [-0.39, 0.29) is 17.7 Å². The molecule has 2 N–H and O–H groups in total. The Balaban J connectivity index is 2.14. The van der Waals surface area contributed by atoms with Crippen LogP contribution in [0.3, 0.4) is 0 Å². The van der Waals surface area contributed by atoms with Crippen LogP contribution in [0, 0.1) is 0 Å². The number of nitrogens with zero attached hydrogens (tertiary/aromatic N) is 1. The van der Waals surface area contributed by atoms with Crippen molar-refractivity contribution >= 4 is 21.8 Å². The van der Waals surface area contributed by atoms with E-state index in [1.165, 1.54) is 18.5 Å². The molecule has 0 spiro atoms. The van der Waals surface area contributed by atoms with Crippen LogP contribution in [0.4, 0.5) is 0 Å². The second kappa shape index (κ2) is 6.52. The highest BCUT2D eigenvalue weighted by atomic mass is 79.9. The molecule has 1 aromatic heterocycles. The number of rotatable bonds is 4. The lowest BCUT2D eigenvalue weighted by Gasteiger charge is -2.17. The Morgan fingerprint density at radius 1 is 1.35 bits per heavy atom. The highest BCUT2D eigenvalue weighted by molar-refractivity contribution is 9.10. The summed E-state index contributed by atoms with van der Waals surface area (Å²) in [5.41, 5.74) is 1.39. The summed E-state index contributed by atoms with van der Waals surface area (Å²) < 4.78 is 1.000. The first kappa shape index (κ1) is 14.5. The number of amides is 1. The van der Waals surface area contributed by atoms with Gasteiger partial charge >= 0.3 is 0 Å². The molecule has 0 aliphatic carbocycles. The van der Waals surface area contributed by atoms with Crippen LogP contribution in [0.1, 0.15) is 35.3 Å². The number of aromatic hydroxyl groups is 1. The molecule has 0 fully saturated rings. The minimum atomic E-state index is -0.247. The molecule has 0 aliphatic heterocycles. The van der Waals surface area contributed by atoms with Crippen molar-refractivity contribution in [3.63, 3.8) is 0 Å². The summed E-state index contributed by atoms with van der Waals surface area (Å²) in [7, 11) is 0. The molecule has 0 saturated carbocycles. The lowest BCUT2D eigenvalue weighted by molar-refractivity contribution is 0.0935. The maximum Gasteiger partial charge on any atom is 0.253 e. The molecule has 2 aromatic rings. The first-order valence-corrected chi connectivity index (χ1v) is 7.09. The zero-order valence-corrected chi connectivity index (χ0v) is 12.6. The van der Waals surface area contributed by atoms with Gasteiger partial charge in [0.2, 0.25) is 0 Å². The normalized spacial score (nSPS) is 11.9. The number of carbonyl (C=O) groups excluding carboxylic acids is 1. The molecule has 1 atom stereocenters. The molecule has 1 aromatic carbocycles. The van der Waals surface area contributed by atoms with Crippen molar-refractivity contribution in [1.82, 2.24) is 10.3 Å². The summed E-state index contributed by atoms with van der Waals surface area (Å²) in [6.07, 6.45) is 3.51. The number of benzene rings is 1. The fourth-order valence-electron chi connectivity index (χ4n) is 1.91. The molecule has 0 bridgehead atoms. The SMILES string of the molecule is CCC(NC(=O)c1cncc(O)c1)c1ccc(Br)cc1. The van der Waals surface area contributed by atoms with Crippen molar-refractivity contribution in [2.45, 2.75) is 19.4 Å². The average molecular weight is 335 g/mol. The lowest BCUT2D eigenvalue weighted by atomic mass is 10.0. The zero-order chi connectivity index (χ0) is 14.5. The highest BCUT2D eigenvalue weighted by Crippen LogP contribution is 2.20. The van der Waals surface area contributed by atoms with Crippen molar-refractivity contribution in [2.24, 2.45) is 0 Å². The maximum absolute atomic E-state index is 12.1. The first-order valence-electron chi connectivity index (χ1n) is 6.30. The van der Waals surface area contributed by atoms with Gasteiger partial charge in [-0.3, -0.25) is 9.78 Å². The van der Waals surface area contributed by atoms with Gasteiger partial charge in [-0.05, 0) is 30.2 Å². The van der Waals surface area contributed by atoms with Crippen LogP contribution < -0.4 is 5.32 Å². The Labute approximate surface area is 126 Å². The van der Waals surface area contributed by atoms with E-state index in [1.807, 2.05) is 31.2 Å². The molecule has 20 heavy (non-hydrogen) atoms. The second-order valence-corrected chi connectivity index (χ2v) is 5.33. The van der Waals surface area contributed by atoms with Crippen molar-refractivity contribution in [1.29, 1.82) is 0 Å². The number of hydrogen-bond acceptors (Lipinski definition) is 3. The summed E-state index contributed by atoms with van der Waals surface area (Å²) >= 11 is 3.39. The van der Waals surface area contributed by atoms with Gasteiger partial charge in [0.05, 0.1) is 17.8 Å². The van der Waals surface area contributed by atoms with Crippen molar-refractivity contribution in [3.05, 3.63) is 58.3 Å². The number of nitrogens with one attached hydrogen (secondary N) is 1. The molecule has 4 nitrogen and oxygen atoms in total. The number of halogens is 1. The molecule has 0 radical (unpaired) electrons. The van der Waals surface area contributed by atoms with Gasteiger partial charge in [0.25, 0.3) is 5.91 Å². The Morgan fingerprint density at radius 3 is 2.65 bits per heavy atom. The Morgan fingerprint density at radius 2 is 2.05 bits per heavy atom. The van der Waals surface area contributed by atoms with Crippen molar-refractivity contribution in [3.8, 4) is 5.75 Å². The fraction of sp³-hybridized carbons (Fsp3) is 0.200. The van der Waals surface area contributed by atoms with E-state index in [2.05, 4.69) is 26.2 Å². The van der Waals surface area contributed by atoms with E-state index < -0.39 is 0 Å². The number of aromatic nitrogens is 1. The van der Waals surface area contributed by atoms with Crippen LogP contribution in [0.2, 0.25) is 0 Å². The molecule has 0 saturated heterocycles. The van der Waals surface area contributed by atoms with E-state index in [0.717, 1.165) is 16.5 Å². The third-order valence-corrected chi connectivity index (χ3v) is 3.50. The van der Waals surface area contributed by atoms with E-state index in [9.17, 15) is 9.90 Å². The molecule has 104 valence electrons. The molecule has 2 rings (SSSR count). The fourth-order valence-corrected chi connectivity index (χ4v) is 2.17. The van der Waals surface area contributed by atoms with E-state index in [0.29, 0.717) is 5.56 Å². The van der Waals surface area contributed by atoms with Gasteiger partial charge in [0.1, 0.15) is 5.75 Å². The summed E-state index contributed by atoms with van der Waals surface area (Å²) in [6.45, 7) is 2.01. The van der Waals surface area contributed by atoms with Crippen molar-refractivity contribution < 1.29 is 9.90 Å². The van der Waals surface area contributed by atoms with Gasteiger partial charge in [-0.25, -0.2) is 0 Å². The third-order valence-electron chi connectivity index (χ3n) is 2.97. The van der Waals surface area contributed by atoms with Crippen LogP contribution >= 0.6 is 15.9 Å². The molecule has 0 aliphatic rings. The van der Waals surface area contributed by atoms with Gasteiger partial charge in [0.15, 0.2) is 0 Å². The van der Waals surface area contributed by atoms with E-state index in [1.54, 1.807) is 0 Å². The molecular weight excluding hydrogens is 320 g/mol. The summed E-state index contributed by atoms with van der Waals surface area (Å²) in [4.78, 5) is 15.9. The van der Waals surface area contributed by atoms with Crippen LogP contribution in [0.5, 0.6) is 5.75 Å². The van der Waals surface area contributed by atoms with Gasteiger partial charge in [-0.1, -0.05) is 35.0 Å². The predicted octanol–water partition coefficient (Wildman–Crippen LogP) is 3.43. The summed E-state index contributed by atoms with van der Waals surface area (Å²) in [5, 5.41) is 12.3. The van der Waals surface area contributed by atoms with Crippen LogP contribution in [-0.4, -0.2) is 16.0 Å². The minimum absolute atomic E-state index is 0.0191. The lowest BCUT2D eigenvalue weighted by Crippen LogP contribution is -2.28. The topological polar surface area (TPSA) is 62.2 Å². The van der Waals surface area contributed by atoms with Gasteiger partial charge in [-0.15, -0.1) is 0 Å². The standard InChI is InChI=1S/C15H15BrN2O2/c1-2-14(10-3-5-12(16)6-4-10)18-15(20)11-7-13(19)9-17-8-11/h3-9,14,19H,2H2,1H3,(H,18,20). The molecule has 1 unspecified atom stereocenters. The zero-order valence-electron chi connectivity index (χ0n) is 11.0. The highest BCUT2D eigenvalue weighted by Gasteiger charge is 2.14. The largest absolute Gasteiger partial charge is 0.506 e. The maximum atomic E-state index is 12.1. The number of carbonyl (C=O) groups is 1. The molecule has 5 heteroatoms. The smallest absolute Gasteiger partial charge is 0.253 e. The first-order chi connectivity index (χ1) is 9.60. The van der Waals surface area contributed by atoms with Gasteiger partial charge in [0, 0.05) is 10.7 Å². The van der Waals surface area contributed by atoms with E-state index in [4.69, 9.17) is 0 Å².